The Hall–Kier alpha value is -3.39. The lowest BCUT2D eigenvalue weighted by Gasteiger charge is -2.26. The number of aromatic nitrogens is 1. The van der Waals surface area contributed by atoms with Crippen molar-refractivity contribution in [2.45, 2.75) is 26.0 Å². The molecule has 0 bridgehead atoms. The minimum absolute atomic E-state index is 0.00625. The molecule has 160 valence electrons. The number of carbonyl (C=O) groups is 2. The minimum atomic E-state index is -0.689. The maximum atomic E-state index is 12.7. The van der Waals surface area contributed by atoms with E-state index in [0.29, 0.717) is 36.0 Å². The molecule has 0 spiro atoms. The van der Waals surface area contributed by atoms with Crippen molar-refractivity contribution in [3.63, 3.8) is 0 Å². The highest BCUT2D eigenvalue weighted by atomic mass is 32.1. The Balaban J connectivity index is 1.37. The Bertz CT molecular complexity index is 1070. The van der Waals surface area contributed by atoms with Crippen molar-refractivity contribution in [1.82, 2.24) is 9.88 Å². The molecular formula is C23H23N3O4S. The summed E-state index contributed by atoms with van der Waals surface area (Å²) in [5.74, 6) is 1.03. The van der Waals surface area contributed by atoms with Crippen LogP contribution in [0.25, 0.3) is 0 Å². The van der Waals surface area contributed by atoms with Gasteiger partial charge in [-0.05, 0) is 43.3 Å². The molecule has 1 unspecified atom stereocenters. The Morgan fingerprint density at radius 3 is 2.52 bits per heavy atom. The molecule has 3 aromatic rings. The van der Waals surface area contributed by atoms with Gasteiger partial charge in [-0.3, -0.25) is 14.9 Å². The zero-order valence-electron chi connectivity index (χ0n) is 17.3. The second kappa shape index (κ2) is 9.18. The summed E-state index contributed by atoms with van der Waals surface area (Å²) >= 11 is 1.40. The van der Waals surface area contributed by atoms with E-state index in [0.717, 1.165) is 16.3 Å². The van der Waals surface area contributed by atoms with Crippen LogP contribution >= 0.6 is 11.3 Å². The van der Waals surface area contributed by atoms with Crippen LogP contribution in [0.4, 0.5) is 5.13 Å². The summed E-state index contributed by atoms with van der Waals surface area (Å²) in [7, 11) is 1.59. The summed E-state index contributed by atoms with van der Waals surface area (Å²) in [6, 6.07) is 16.3. The smallest absolute Gasteiger partial charge is 0.266 e. The first-order valence-corrected chi connectivity index (χ1v) is 10.8. The molecule has 7 nitrogen and oxygen atoms in total. The lowest BCUT2D eigenvalue weighted by molar-refractivity contribution is -0.122. The predicted octanol–water partition coefficient (Wildman–Crippen LogP) is 3.76. The second-order valence-corrected chi connectivity index (χ2v) is 8.24. The van der Waals surface area contributed by atoms with Crippen LogP contribution < -0.4 is 14.8 Å². The fourth-order valence-electron chi connectivity index (χ4n) is 3.30. The van der Waals surface area contributed by atoms with Crippen LogP contribution in [0.2, 0.25) is 0 Å². The van der Waals surface area contributed by atoms with Gasteiger partial charge in [-0.25, -0.2) is 4.98 Å². The third-order valence-corrected chi connectivity index (χ3v) is 6.01. The molecule has 0 saturated carbocycles. The predicted molar refractivity (Wildman–Crippen MR) is 119 cm³/mol. The number of thiazole rings is 1. The van der Waals surface area contributed by atoms with Gasteiger partial charge in [-0.2, -0.15) is 0 Å². The van der Waals surface area contributed by atoms with Crippen molar-refractivity contribution in [1.29, 1.82) is 0 Å². The molecule has 1 aromatic heterocycles. The van der Waals surface area contributed by atoms with Gasteiger partial charge in [0, 0.05) is 23.4 Å². The number of carbonyl (C=O) groups excluding carboxylic acids is 2. The number of rotatable bonds is 6. The molecule has 4 rings (SSSR count). The number of anilines is 1. The summed E-state index contributed by atoms with van der Waals surface area (Å²) in [5.41, 5.74) is 1.61. The molecule has 0 saturated heterocycles. The molecule has 1 aliphatic heterocycles. The molecule has 1 aliphatic rings. The van der Waals surface area contributed by atoms with E-state index >= 15 is 0 Å². The fourth-order valence-corrected chi connectivity index (χ4v) is 4.33. The van der Waals surface area contributed by atoms with Crippen LogP contribution in [0.5, 0.6) is 11.5 Å². The van der Waals surface area contributed by atoms with E-state index in [4.69, 9.17) is 9.47 Å². The van der Waals surface area contributed by atoms with Gasteiger partial charge in [0.25, 0.3) is 11.8 Å². The van der Waals surface area contributed by atoms with Crippen LogP contribution in [0.1, 0.15) is 27.9 Å². The zero-order chi connectivity index (χ0) is 21.8. The largest absolute Gasteiger partial charge is 0.497 e. The van der Waals surface area contributed by atoms with E-state index in [-0.39, 0.29) is 11.8 Å². The summed E-state index contributed by atoms with van der Waals surface area (Å²) in [6.45, 7) is 2.79. The highest BCUT2D eigenvalue weighted by molar-refractivity contribution is 7.15. The molecule has 2 aromatic carbocycles. The first-order chi connectivity index (χ1) is 15.0. The number of nitrogens with zero attached hydrogens (tertiary/aromatic N) is 2. The zero-order valence-corrected chi connectivity index (χ0v) is 18.1. The molecule has 0 aliphatic carbocycles. The first-order valence-electron chi connectivity index (χ1n) is 9.98. The third-order valence-electron chi connectivity index (χ3n) is 5.01. The molecule has 0 radical (unpaired) electrons. The fraction of sp³-hybridized carbons (Fsp3) is 0.261. The molecule has 31 heavy (non-hydrogen) atoms. The van der Waals surface area contributed by atoms with Crippen LogP contribution in [0.3, 0.4) is 0 Å². The molecule has 8 heteroatoms. The monoisotopic (exact) mass is 437 g/mol. The highest BCUT2D eigenvalue weighted by Gasteiger charge is 2.26. The quantitative estimate of drug-likeness (QED) is 0.635. The second-order valence-electron chi connectivity index (χ2n) is 7.16. The lowest BCUT2D eigenvalue weighted by atomic mass is 10.1. The number of hydrogen-bond donors (Lipinski definition) is 1. The van der Waals surface area contributed by atoms with Gasteiger partial charge in [0.1, 0.15) is 11.5 Å². The highest BCUT2D eigenvalue weighted by Crippen LogP contribution is 2.29. The number of amides is 2. The maximum absolute atomic E-state index is 12.7. The SMILES string of the molecule is COc1ccc(OC(C)C(=O)Nc2nc3c(s2)CN(C(=O)c2ccccc2)CC3)cc1. The molecule has 2 heterocycles. The topological polar surface area (TPSA) is 80.8 Å². The van der Waals surface area contributed by atoms with Crippen molar-refractivity contribution in [2.24, 2.45) is 0 Å². The van der Waals surface area contributed by atoms with Gasteiger partial charge >= 0.3 is 0 Å². The summed E-state index contributed by atoms with van der Waals surface area (Å²) < 4.78 is 10.8. The van der Waals surface area contributed by atoms with Crippen molar-refractivity contribution >= 4 is 28.3 Å². The number of benzene rings is 2. The van der Waals surface area contributed by atoms with E-state index in [1.54, 1.807) is 38.3 Å². The number of nitrogens with one attached hydrogen (secondary N) is 1. The van der Waals surface area contributed by atoms with E-state index in [9.17, 15) is 9.59 Å². The van der Waals surface area contributed by atoms with E-state index in [1.165, 1.54) is 11.3 Å². The van der Waals surface area contributed by atoms with Crippen LogP contribution in [-0.2, 0) is 17.8 Å². The summed E-state index contributed by atoms with van der Waals surface area (Å²) in [4.78, 5) is 32.6. The van der Waals surface area contributed by atoms with Gasteiger partial charge in [-0.15, -0.1) is 0 Å². The lowest BCUT2D eigenvalue weighted by Crippen LogP contribution is -2.35. The standard InChI is InChI=1S/C23H23N3O4S/c1-15(30-18-10-8-17(29-2)9-11-18)21(27)25-23-24-19-12-13-26(14-20(19)31-23)22(28)16-6-4-3-5-7-16/h3-11,15H,12-14H2,1-2H3,(H,24,25,27). The Kier molecular flexibility index (Phi) is 6.18. The van der Waals surface area contributed by atoms with E-state index < -0.39 is 6.10 Å². The van der Waals surface area contributed by atoms with Crippen LogP contribution in [0.15, 0.2) is 54.6 Å². The minimum Gasteiger partial charge on any atom is -0.497 e. The first kappa shape index (κ1) is 20.9. The molecule has 0 fully saturated rings. The van der Waals surface area contributed by atoms with Gasteiger partial charge in [0.15, 0.2) is 11.2 Å². The van der Waals surface area contributed by atoms with E-state index in [1.807, 2.05) is 35.2 Å². The molecule has 1 N–H and O–H groups in total. The Morgan fingerprint density at radius 2 is 1.81 bits per heavy atom. The van der Waals surface area contributed by atoms with Crippen molar-refractivity contribution in [3.05, 3.63) is 70.7 Å². The van der Waals surface area contributed by atoms with Crippen LogP contribution in [0, 0.1) is 0 Å². The van der Waals surface area contributed by atoms with Gasteiger partial charge in [-0.1, -0.05) is 29.5 Å². The maximum Gasteiger partial charge on any atom is 0.266 e. The molecular weight excluding hydrogens is 414 g/mol. The summed E-state index contributed by atoms with van der Waals surface area (Å²) in [6.07, 6.45) is -0.0245. The van der Waals surface area contributed by atoms with Crippen molar-refractivity contribution in [3.8, 4) is 11.5 Å². The molecule has 1 atom stereocenters. The average Bonchev–Trinajstić information content (AvgIpc) is 3.21. The van der Waals surface area contributed by atoms with Gasteiger partial charge < -0.3 is 14.4 Å². The number of methoxy groups -OCH3 is 1. The normalized spacial score (nSPS) is 13.8. The average molecular weight is 438 g/mol. The number of hydrogen-bond acceptors (Lipinski definition) is 6. The van der Waals surface area contributed by atoms with Crippen LogP contribution in [-0.4, -0.2) is 41.5 Å². The Labute approximate surface area is 184 Å². The number of fused-ring (bicyclic) bond motifs is 1. The Morgan fingerprint density at radius 1 is 1.10 bits per heavy atom. The van der Waals surface area contributed by atoms with Crippen molar-refractivity contribution in [2.75, 3.05) is 19.0 Å². The summed E-state index contributed by atoms with van der Waals surface area (Å²) in [5, 5.41) is 3.36. The third kappa shape index (κ3) is 4.86. The number of ether oxygens (including phenoxy) is 2. The molecule has 2 amide bonds. The van der Waals surface area contributed by atoms with Crippen molar-refractivity contribution < 1.29 is 19.1 Å². The van der Waals surface area contributed by atoms with Gasteiger partial charge in [0.05, 0.1) is 19.3 Å². The van der Waals surface area contributed by atoms with E-state index in [2.05, 4.69) is 10.3 Å². The van der Waals surface area contributed by atoms with Gasteiger partial charge in [0.2, 0.25) is 0 Å².